The van der Waals surface area contributed by atoms with Gasteiger partial charge in [0.1, 0.15) is 5.56 Å². The number of nitrogens with zero attached hydrogens (tertiary/aromatic N) is 1. The lowest BCUT2D eigenvalue weighted by Crippen LogP contribution is -2.44. The van der Waals surface area contributed by atoms with E-state index in [1.807, 2.05) is 30.3 Å². The van der Waals surface area contributed by atoms with Gasteiger partial charge in [0.2, 0.25) is 0 Å². The SMILES string of the molecule is CC1Oc2c(C(=O)O)cc(Cl)cc2N(Cc2ccccc2)C1=O. The molecule has 0 saturated heterocycles. The summed E-state index contributed by atoms with van der Waals surface area (Å²) in [6, 6.07) is 12.3. The number of rotatable bonds is 3. The summed E-state index contributed by atoms with van der Waals surface area (Å²) in [5, 5.41) is 9.59. The predicted octanol–water partition coefficient (Wildman–Crippen LogP) is 3.35. The van der Waals surface area contributed by atoms with Crippen molar-refractivity contribution in [2.75, 3.05) is 4.90 Å². The molecular weight excluding hydrogens is 318 g/mol. The van der Waals surface area contributed by atoms with E-state index in [-0.39, 0.29) is 22.2 Å². The first-order valence-electron chi connectivity index (χ1n) is 7.06. The second kappa shape index (κ2) is 5.93. The van der Waals surface area contributed by atoms with E-state index < -0.39 is 12.1 Å². The fourth-order valence-electron chi connectivity index (χ4n) is 2.56. The van der Waals surface area contributed by atoms with Gasteiger partial charge in [-0.25, -0.2) is 4.79 Å². The smallest absolute Gasteiger partial charge is 0.339 e. The van der Waals surface area contributed by atoms with Crippen LogP contribution in [0.25, 0.3) is 0 Å². The fourth-order valence-corrected chi connectivity index (χ4v) is 2.77. The first-order chi connectivity index (χ1) is 11.0. The van der Waals surface area contributed by atoms with Gasteiger partial charge in [-0.15, -0.1) is 0 Å². The Morgan fingerprint density at radius 2 is 2.00 bits per heavy atom. The fraction of sp³-hybridized carbons (Fsp3) is 0.176. The quantitative estimate of drug-likeness (QED) is 0.936. The minimum atomic E-state index is -1.15. The number of carbonyl (C=O) groups excluding carboxylic acids is 1. The van der Waals surface area contributed by atoms with Gasteiger partial charge in [-0.05, 0) is 24.6 Å². The van der Waals surface area contributed by atoms with Crippen LogP contribution in [0.5, 0.6) is 5.75 Å². The molecule has 1 N–H and O–H groups in total. The van der Waals surface area contributed by atoms with Gasteiger partial charge in [0, 0.05) is 5.02 Å². The van der Waals surface area contributed by atoms with Gasteiger partial charge in [0.05, 0.1) is 12.2 Å². The lowest BCUT2D eigenvalue weighted by molar-refractivity contribution is -0.125. The van der Waals surface area contributed by atoms with Crippen molar-refractivity contribution in [2.24, 2.45) is 0 Å². The maximum atomic E-state index is 12.5. The van der Waals surface area contributed by atoms with Crippen molar-refractivity contribution in [2.45, 2.75) is 19.6 Å². The topological polar surface area (TPSA) is 66.8 Å². The molecule has 2 aromatic carbocycles. The van der Waals surface area contributed by atoms with Crippen LogP contribution in [-0.2, 0) is 11.3 Å². The van der Waals surface area contributed by atoms with Crippen LogP contribution in [0.1, 0.15) is 22.8 Å². The highest BCUT2D eigenvalue weighted by Gasteiger charge is 2.34. The van der Waals surface area contributed by atoms with E-state index in [0.29, 0.717) is 12.2 Å². The molecule has 118 valence electrons. The number of fused-ring (bicyclic) bond motifs is 1. The predicted molar refractivity (Wildman–Crippen MR) is 86.1 cm³/mol. The summed E-state index contributed by atoms with van der Waals surface area (Å²) in [6.07, 6.45) is -0.759. The van der Waals surface area contributed by atoms with Crippen LogP contribution in [0, 0.1) is 0 Å². The van der Waals surface area contributed by atoms with E-state index in [2.05, 4.69) is 0 Å². The van der Waals surface area contributed by atoms with E-state index >= 15 is 0 Å². The molecular formula is C17H14ClNO4. The lowest BCUT2D eigenvalue weighted by atomic mass is 10.1. The number of aromatic carboxylic acids is 1. The van der Waals surface area contributed by atoms with E-state index in [9.17, 15) is 14.7 Å². The van der Waals surface area contributed by atoms with Crippen molar-refractivity contribution < 1.29 is 19.4 Å². The maximum Gasteiger partial charge on any atom is 0.339 e. The second-order valence-corrected chi connectivity index (χ2v) is 5.71. The van der Waals surface area contributed by atoms with Crippen LogP contribution < -0.4 is 9.64 Å². The van der Waals surface area contributed by atoms with Crippen LogP contribution >= 0.6 is 11.6 Å². The van der Waals surface area contributed by atoms with E-state index in [0.717, 1.165) is 5.56 Å². The van der Waals surface area contributed by atoms with Crippen LogP contribution in [-0.4, -0.2) is 23.1 Å². The summed E-state index contributed by atoms with van der Waals surface area (Å²) < 4.78 is 5.53. The molecule has 0 radical (unpaired) electrons. The summed E-state index contributed by atoms with van der Waals surface area (Å²) in [5.74, 6) is -1.21. The average Bonchev–Trinajstić information content (AvgIpc) is 2.53. The molecule has 0 fully saturated rings. The Kier molecular flexibility index (Phi) is 3.96. The third-order valence-corrected chi connectivity index (χ3v) is 3.87. The molecule has 1 heterocycles. The molecule has 0 spiro atoms. The molecule has 1 atom stereocenters. The van der Waals surface area contributed by atoms with Crippen molar-refractivity contribution in [3.05, 3.63) is 58.6 Å². The van der Waals surface area contributed by atoms with Gasteiger partial charge in [0.25, 0.3) is 5.91 Å². The monoisotopic (exact) mass is 331 g/mol. The molecule has 0 aromatic heterocycles. The maximum absolute atomic E-state index is 12.5. The number of amides is 1. The second-order valence-electron chi connectivity index (χ2n) is 5.28. The van der Waals surface area contributed by atoms with E-state index in [1.165, 1.54) is 11.0 Å². The molecule has 6 heteroatoms. The average molecular weight is 332 g/mol. The number of ether oxygens (including phenoxy) is 1. The molecule has 5 nitrogen and oxygen atoms in total. The number of halogens is 1. The van der Waals surface area contributed by atoms with E-state index in [4.69, 9.17) is 16.3 Å². The summed E-state index contributed by atoms with van der Waals surface area (Å²) in [7, 11) is 0. The third kappa shape index (κ3) is 2.87. The molecule has 3 rings (SSSR count). The number of hydrogen-bond acceptors (Lipinski definition) is 3. The highest BCUT2D eigenvalue weighted by Crippen LogP contribution is 2.40. The number of hydrogen-bond donors (Lipinski definition) is 1. The van der Waals surface area contributed by atoms with Gasteiger partial charge in [-0.3, -0.25) is 4.79 Å². The van der Waals surface area contributed by atoms with Crippen molar-refractivity contribution in [1.82, 2.24) is 0 Å². The molecule has 0 aliphatic carbocycles. The van der Waals surface area contributed by atoms with Crippen molar-refractivity contribution in [3.8, 4) is 5.75 Å². The Hall–Kier alpha value is -2.53. The van der Waals surface area contributed by atoms with Gasteiger partial charge >= 0.3 is 5.97 Å². The Labute approximate surface area is 138 Å². The Balaban J connectivity index is 2.11. The zero-order valence-electron chi connectivity index (χ0n) is 12.3. The zero-order chi connectivity index (χ0) is 16.6. The molecule has 1 aliphatic rings. The summed E-state index contributed by atoms with van der Waals surface area (Å²) in [6.45, 7) is 1.92. The first-order valence-corrected chi connectivity index (χ1v) is 7.44. The number of carbonyl (C=O) groups is 2. The normalized spacial score (nSPS) is 16.7. The number of carboxylic acid groups (broad SMARTS) is 1. The van der Waals surface area contributed by atoms with Gasteiger partial charge in [-0.1, -0.05) is 41.9 Å². The molecule has 0 bridgehead atoms. The van der Waals surface area contributed by atoms with Crippen molar-refractivity contribution in [3.63, 3.8) is 0 Å². The lowest BCUT2D eigenvalue weighted by Gasteiger charge is -2.34. The Bertz CT molecular complexity index is 776. The van der Waals surface area contributed by atoms with Gasteiger partial charge < -0.3 is 14.7 Å². The zero-order valence-corrected chi connectivity index (χ0v) is 13.1. The minimum Gasteiger partial charge on any atom is -0.478 e. The van der Waals surface area contributed by atoms with Gasteiger partial charge in [-0.2, -0.15) is 0 Å². The van der Waals surface area contributed by atoms with Crippen molar-refractivity contribution in [1.29, 1.82) is 0 Å². The minimum absolute atomic E-state index is 0.0510. The number of carboxylic acids is 1. The Morgan fingerprint density at radius 1 is 1.30 bits per heavy atom. The largest absolute Gasteiger partial charge is 0.478 e. The van der Waals surface area contributed by atoms with Gasteiger partial charge in [0.15, 0.2) is 11.9 Å². The summed E-state index contributed by atoms with van der Waals surface area (Å²) >= 11 is 6.02. The summed E-state index contributed by atoms with van der Waals surface area (Å²) in [4.78, 5) is 25.4. The Morgan fingerprint density at radius 3 is 2.65 bits per heavy atom. The molecule has 1 unspecified atom stereocenters. The van der Waals surface area contributed by atoms with Crippen molar-refractivity contribution >= 4 is 29.2 Å². The third-order valence-electron chi connectivity index (χ3n) is 3.65. The summed E-state index contributed by atoms with van der Waals surface area (Å²) in [5.41, 5.74) is 1.25. The van der Waals surface area contributed by atoms with Crippen LogP contribution in [0.2, 0.25) is 5.02 Å². The standard InChI is InChI=1S/C17H14ClNO4/c1-10-16(20)19(9-11-5-3-2-4-6-11)14-8-12(18)7-13(17(21)22)15(14)23-10/h2-8,10H,9H2,1H3,(H,21,22). The molecule has 1 aliphatic heterocycles. The number of anilines is 1. The molecule has 0 saturated carbocycles. The molecule has 23 heavy (non-hydrogen) atoms. The molecule has 2 aromatic rings. The molecule has 1 amide bonds. The highest BCUT2D eigenvalue weighted by molar-refractivity contribution is 6.31. The van der Waals surface area contributed by atoms with E-state index in [1.54, 1.807) is 13.0 Å². The van der Waals surface area contributed by atoms with Crippen LogP contribution in [0.15, 0.2) is 42.5 Å². The number of benzene rings is 2. The highest BCUT2D eigenvalue weighted by atomic mass is 35.5. The van der Waals surface area contributed by atoms with Crippen LogP contribution in [0.4, 0.5) is 5.69 Å². The first kappa shape index (κ1) is 15.4. The van der Waals surface area contributed by atoms with Crippen LogP contribution in [0.3, 0.4) is 0 Å².